The predicted molar refractivity (Wildman–Crippen MR) is 84.4 cm³/mol. The van der Waals surface area contributed by atoms with Crippen LogP contribution in [-0.2, 0) is 0 Å². The molecule has 0 bridgehead atoms. The average Bonchev–Trinajstić information content (AvgIpc) is 2.44. The van der Waals surface area contributed by atoms with E-state index in [1.807, 2.05) is 0 Å². The molecular weight excluding hydrogens is 274 g/mol. The van der Waals surface area contributed by atoms with Gasteiger partial charge in [-0.25, -0.2) is 4.98 Å². The topological polar surface area (TPSA) is 54.0 Å². The van der Waals surface area contributed by atoms with Crippen molar-refractivity contribution in [3.05, 3.63) is 22.8 Å². The number of aromatic nitrogens is 1. The highest BCUT2D eigenvalue weighted by molar-refractivity contribution is 6.33. The molecule has 1 heterocycles. The van der Waals surface area contributed by atoms with E-state index in [9.17, 15) is 4.79 Å². The van der Waals surface area contributed by atoms with E-state index >= 15 is 0 Å². The molecule has 1 aromatic rings. The minimum Gasteiger partial charge on any atom is -0.370 e. The van der Waals surface area contributed by atoms with E-state index in [0.717, 1.165) is 19.4 Å². The summed E-state index contributed by atoms with van der Waals surface area (Å²) in [5.41, 5.74) is 0.347. The molecule has 0 radical (unpaired) electrons. The molecule has 4 nitrogen and oxygen atoms in total. The van der Waals surface area contributed by atoms with Crippen molar-refractivity contribution in [3.63, 3.8) is 0 Å². The van der Waals surface area contributed by atoms with Crippen LogP contribution in [0.15, 0.2) is 12.1 Å². The summed E-state index contributed by atoms with van der Waals surface area (Å²) in [4.78, 5) is 16.4. The number of nitrogens with zero attached hydrogens (tertiary/aromatic N) is 1. The molecule has 5 heteroatoms. The molecule has 0 unspecified atom stereocenters. The lowest BCUT2D eigenvalue weighted by molar-refractivity contribution is 0.0931. The normalized spacial score (nSPS) is 11.2. The van der Waals surface area contributed by atoms with Crippen molar-refractivity contribution in [1.29, 1.82) is 0 Å². The molecule has 0 aromatic carbocycles. The van der Waals surface area contributed by atoms with Crippen LogP contribution in [0.3, 0.4) is 0 Å². The summed E-state index contributed by atoms with van der Waals surface area (Å²) >= 11 is 6.06. The Kier molecular flexibility index (Phi) is 6.27. The molecule has 20 heavy (non-hydrogen) atoms. The Labute approximate surface area is 126 Å². The van der Waals surface area contributed by atoms with Gasteiger partial charge in [0.25, 0.3) is 5.91 Å². The lowest BCUT2D eigenvalue weighted by Gasteiger charge is -2.22. The fourth-order valence-electron chi connectivity index (χ4n) is 1.48. The summed E-state index contributed by atoms with van der Waals surface area (Å²) in [5, 5.41) is 6.43. The fraction of sp³-hybridized carbons (Fsp3) is 0.600. The lowest BCUT2D eigenvalue weighted by Crippen LogP contribution is -2.34. The van der Waals surface area contributed by atoms with Gasteiger partial charge in [0, 0.05) is 13.1 Å². The van der Waals surface area contributed by atoms with Gasteiger partial charge >= 0.3 is 0 Å². The molecule has 112 valence electrons. The van der Waals surface area contributed by atoms with Gasteiger partial charge in [-0.05, 0) is 30.4 Å². The minimum absolute atomic E-state index is 0.0696. The number of amides is 1. The van der Waals surface area contributed by atoms with Crippen LogP contribution in [0.25, 0.3) is 0 Å². The largest absolute Gasteiger partial charge is 0.370 e. The standard InChI is InChI=1S/C15H24ClN3O/c1-5-9-17-12-8-7-11(16)13(19-12)14(20)18-10-15(3,4)6-2/h7-8H,5-6,9-10H2,1-4H3,(H,17,19)(H,18,20). The van der Waals surface area contributed by atoms with Gasteiger partial charge in [0.05, 0.1) is 5.02 Å². The number of rotatable bonds is 7. The van der Waals surface area contributed by atoms with Crippen molar-refractivity contribution in [2.24, 2.45) is 5.41 Å². The van der Waals surface area contributed by atoms with E-state index in [-0.39, 0.29) is 17.0 Å². The number of pyridine rings is 1. The van der Waals surface area contributed by atoms with Gasteiger partial charge in [-0.1, -0.05) is 39.3 Å². The first-order chi connectivity index (χ1) is 9.39. The molecule has 0 spiro atoms. The Bertz CT molecular complexity index is 460. The molecule has 0 aliphatic rings. The highest BCUT2D eigenvalue weighted by Gasteiger charge is 2.19. The molecule has 0 aliphatic heterocycles. The molecular formula is C15H24ClN3O. The molecule has 0 saturated carbocycles. The maximum absolute atomic E-state index is 12.2. The van der Waals surface area contributed by atoms with E-state index < -0.39 is 0 Å². The van der Waals surface area contributed by atoms with Gasteiger partial charge in [-0.2, -0.15) is 0 Å². The van der Waals surface area contributed by atoms with Crippen molar-refractivity contribution in [2.75, 3.05) is 18.4 Å². The monoisotopic (exact) mass is 297 g/mol. The number of nitrogens with one attached hydrogen (secondary N) is 2. The van der Waals surface area contributed by atoms with Gasteiger partial charge in [-0.15, -0.1) is 0 Å². The summed E-state index contributed by atoms with van der Waals surface area (Å²) in [7, 11) is 0. The van der Waals surface area contributed by atoms with E-state index in [1.165, 1.54) is 0 Å². The third-order valence-corrected chi connectivity index (χ3v) is 3.61. The first-order valence-corrected chi connectivity index (χ1v) is 7.46. The maximum atomic E-state index is 12.2. The molecule has 0 aliphatic carbocycles. The quantitative estimate of drug-likeness (QED) is 0.806. The second kappa shape index (κ2) is 7.48. The smallest absolute Gasteiger partial charge is 0.271 e. The van der Waals surface area contributed by atoms with Crippen molar-refractivity contribution in [2.45, 2.75) is 40.5 Å². The maximum Gasteiger partial charge on any atom is 0.271 e. The third kappa shape index (κ3) is 5.00. The minimum atomic E-state index is -0.225. The molecule has 0 atom stereocenters. The Morgan fingerprint density at radius 2 is 2.05 bits per heavy atom. The molecule has 1 amide bonds. The molecule has 0 saturated heterocycles. The first kappa shape index (κ1) is 16.8. The zero-order valence-corrected chi connectivity index (χ0v) is 13.5. The molecule has 2 N–H and O–H groups in total. The van der Waals surface area contributed by atoms with E-state index in [4.69, 9.17) is 11.6 Å². The van der Waals surface area contributed by atoms with Crippen LogP contribution >= 0.6 is 11.6 Å². The summed E-state index contributed by atoms with van der Waals surface area (Å²) < 4.78 is 0. The van der Waals surface area contributed by atoms with Crippen LogP contribution in [0.5, 0.6) is 0 Å². The second-order valence-corrected chi connectivity index (χ2v) is 6.06. The number of hydrogen-bond donors (Lipinski definition) is 2. The van der Waals surface area contributed by atoms with Gasteiger partial charge in [0.2, 0.25) is 0 Å². The van der Waals surface area contributed by atoms with Gasteiger partial charge < -0.3 is 10.6 Å². The van der Waals surface area contributed by atoms with Crippen molar-refractivity contribution in [1.82, 2.24) is 10.3 Å². The van der Waals surface area contributed by atoms with E-state index in [2.05, 4.69) is 43.3 Å². The van der Waals surface area contributed by atoms with Crippen molar-refractivity contribution in [3.8, 4) is 0 Å². The number of carbonyl (C=O) groups is 1. The fourth-order valence-corrected chi connectivity index (χ4v) is 1.67. The van der Waals surface area contributed by atoms with Gasteiger partial charge in [0.15, 0.2) is 0 Å². The summed E-state index contributed by atoms with van der Waals surface area (Å²) in [6, 6.07) is 3.48. The van der Waals surface area contributed by atoms with Crippen LogP contribution in [0.2, 0.25) is 5.02 Å². The summed E-state index contributed by atoms with van der Waals surface area (Å²) in [6.45, 7) is 9.82. The molecule has 0 fully saturated rings. The number of anilines is 1. The Hall–Kier alpha value is -1.29. The SMILES string of the molecule is CCCNc1ccc(Cl)c(C(=O)NCC(C)(C)CC)n1. The Morgan fingerprint density at radius 1 is 1.35 bits per heavy atom. The van der Waals surface area contributed by atoms with Crippen LogP contribution in [-0.4, -0.2) is 24.0 Å². The highest BCUT2D eigenvalue weighted by atomic mass is 35.5. The first-order valence-electron chi connectivity index (χ1n) is 7.08. The van der Waals surface area contributed by atoms with Crippen molar-refractivity contribution >= 4 is 23.3 Å². The van der Waals surface area contributed by atoms with Crippen LogP contribution in [0.4, 0.5) is 5.82 Å². The molecule has 1 aromatic heterocycles. The number of carbonyl (C=O) groups excluding carboxylic acids is 1. The number of hydrogen-bond acceptors (Lipinski definition) is 3. The zero-order chi connectivity index (χ0) is 15.2. The van der Waals surface area contributed by atoms with Crippen LogP contribution in [0.1, 0.15) is 51.0 Å². The van der Waals surface area contributed by atoms with Crippen LogP contribution < -0.4 is 10.6 Å². The molecule has 1 rings (SSSR count). The average molecular weight is 298 g/mol. The Morgan fingerprint density at radius 3 is 2.65 bits per heavy atom. The Balaban J connectivity index is 2.76. The van der Waals surface area contributed by atoms with Gasteiger partial charge in [0.1, 0.15) is 11.5 Å². The van der Waals surface area contributed by atoms with Gasteiger partial charge in [-0.3, -0.25) is 4.79 Å². The predicted octanol–water partition coefficient (Wildman–Crippen LogP) is 3.72. The van der Waals surface area contributed by atoms with Crippen LogP contribution in [0, 0.1) is 5.41 Å². The summed E-state index contributed by atoms with van der Waals surface area (Å²) in [6.07, 6.45) is 1.99. The van der Waals surface area contributed by atoms with E-state index in [0.29, 0.717) is 17.4 Å². The lowest BCUT2D eigenvalue weighted by atomic mass is 9.90. The third-order valence-electron chi connectivity index (χ3n) is 3.30. The second-order valence-electron chi connectivity index (χ2n) is 5.65. The van der Waals surface area contributed by atoms with E-state index in [1.54, 1.807) is 12.1 Å². The summed E-state index contributed by atoms with van der Waals surface area (Å²) in [5.74, 6) is 0.452. The zero-order valence-electron chi connectivity index (χ0n) is 12.7. The van der Waals surface area contributed by atoms with Crippen molar-refractivity contribution < 1.29 is 4.79 Å². The number of halogens is 1. The highest BCUT2D eigenvalue weighted by Crippen LogP contribution is 2.20.